The van der Waals surface area contributed by atoms with Gasteiger partial charge in [0.05, 0.1) is 12.2 Å². The first-order chi connectivity index (χ1) is 11.1. The van der Waals surface area contributed by atoms with E-state index in [2.05, 4.69) is 52.4 Å². The lowest BCUT2D eigenvalue weighted by atomic mass is 10.1. The Morgan fingerprint density at radius 1 is 1.25 bits per heavy atom. The third-order valence-electron chi connectivity index (χ3n) is 3.61. The zero-order valence-corrected chi connectivity index (χ0v) is 17.9. The van der Waals surface area contributed by atoms with Gasteiger partial charge >= 0.3 is 0 Å². The first-order valence-electron chi connectivity index (χ1n) is 7.94. The number of halogens is 1. The quantitative estimate of drug-likeness (QED) is 0.395. The molecule has 0 fully saturated rings. The summed E-state index contributed by atoms with van der Waals surface area (Å²) < 4.78 is 0. The Bertz CT molecular complexity index is 649. The van der Waals surface area contributed by atoms with Gasteiger partial charge in [0.1, 0.15) is 5.01 Å². The van der Waals surface area contributed by atoms with Gasteiger partial charge in [0, 0.05) is 30.4 Å². The van der Waals surface area contributed by atoms with E-state index in [-0.39, 0.29) is 24.0 Å². The normalized spacial score (nSPS) is 11.1. The molecule has 2 rings (SSSR count). The fourth-order valence-electron chi connectivity index (χ4n) is 2.19. The number of hydrogen-bond acceptors (Lipinski definition) is 4. The number of nitrogens with zero attached hydrogens (tertiary/aromatic N) is 3. The zero-order chi connectivity index (χ0) is 16.7. The molecule has 0 atom stereocenters. The minimum absolute atomic E-state index is 0. The van der Waals surface area contributed by atoms with Crippen molar-refractivity contribution in [1.82, 2.24) is 20.6 Å². The summed E-state index contributed by atoms with van der Waals surface area (Å²) in [5.74, 6) is 0.838. The van der Waals surface area contributed by atoms with E-state index in [9.17, 15) is 0 Å². The summed E-state index contributed by atoms with van der Waals surface area (Å²) >= 11 is 1.72. The molecule has 2 heterocycles. The molecule has 0 saturated carbocycles. The molecule has 2 aromatic rings. The van der Waals surface area contributed by atoms with Gasteiger partial charge in [0.2, 0.25) is 0 Å². The van der Waals surface area contributed by atoms with Crippen LogP contribution in [0, 0.1) is 20.8 Å². The van der Waals surface area contributed by atoms with Gasteiger partial charge in [-0.1, -0.05) is 0 Å². The van der Waals surface area contributed by atoms with Crippen LogP contribution in [-0.2, 0) is 13.0 Å². The summed E-state index contributed by atoms with van der Waals surface area (Å²) in [6.07, 6.45) is 4.70. The number of aromatic nitrogens is 2. The Morgan fingerprint density at radius 3 is 2.67 bits per heavy atom. The van der Waals surface area contributed by atoms with Crippen LogP contribution in [0.15, 0.2) is 23.5 Å². The molecule has 132 valence electrons. The van der Waals surface area contributed by atoms with Crippen molar-refractivity contribution in [3.63, 3.8) is 0 Å². The molecule has 2 aromatic heterocycles. The van der Waals surface area contributed by atoms with Crippen molar-refractivity contribution in [2.24, 2.45) is 4.99 Å². The summed E-state index contributed by atoms with van der Waals surface area (Å²) in [6.45, 7) is 10.6. The van der Waals surface area contributed by atoms with Gasteiger partial charge in [0.15, 0.2) is 5.96 Å². The van der Waals surface area contributed by atoms with Crippen molar-refractivity contribution in [2.75, 3.05) is 13.1 Å². The minimum Gasteiger partial charge on any atom is -0.357 e. The van der Waals surface area contributed by atoms with Gasteiger partial charge in [-0.2, -0.15) is 0 Å². The van der Waals surface area contributed by atoms with E-state index < -0.39 is 0 Å². The molecule has 0 radical (unpaired) electrons. The molecule has 0 amide bonds. The van der Waals surface area contributed by atoms with Crippen LogP contribution in [0.4, 0.5) is 0 Å². The number of guanidine groups is 1. The van der Waals surface area contributed by atoms with Crippen LogP contribution in [-0.4, -0.2) is 29.0 Å². The molecule has 0 saturated heterocycles. The van der Waals surface area contributed by atoms with E-state index in [1.165, 1.54) is 16.0 Å². The van der Waals surface area contributed by atoms with Crippen LogP contribution in [0.25, 0.3) is 0 Å². The molecule has 0 spiro atoms. The molecule has 0 aliphatic rings. The SMILES string of the molecule is CCNC(=NCc1nc(C)c(C)s1)NCCc1ccncc1C.I. The van der Waals surface area contributed by atoms with Crippen LogP contribution < -0.4 is 10.6 Å². The molecule has 7 heteroatoms. The van der Waals surface area contributed by atoms with Crippen molar-refractivity contribution in [1.29, 1.82) is 0 Å². The Kier molecular flexibility index (Phi) is 9.20. The lowest BCUT2D eigenvalue weighted by Crippen LogP contribution is -2.38. The lowest BCUT2D eigenvalue weighted by molar-refractivity contribution is 0.795. The van der Waals surface area contributed by atoms with Crippen molar-refractivity contribution in [2.45, 2.75) is 40.7 Å². The van der Waals surface area contributed by atoms with Gasteiger partial charge in [-0.15, -0.1) is 35.3 Å². The molecule has 2 N–H and O–H groups in total. The Hall–Kier alpha value is -1.22. The third kappa shape index (κ3) is 6.35. The van der Waals surface area contributed by atoms with Crippen molar-refractivity contribution >= 4 is 41.3 Å². The maximum absolute atomic E-state index is 4.62. The molecule has 0 aliphatic carbocycles. The first kappa shape index (κ1) is 20.8. The molecular formula is C17H26IN5S. The molecule has 0 unspecified atom stereocenters. The number of aliphatic imine (C=N–C) groups is 1. The van der Waals surface area contributed by atoms with Crippen molar-refractivity contribution in [3.05, 3.63) is 45.2 Å². The second-order valence-corrected chi connectivity index (χ2v) is 6.71. The number of aryl methyl sites for hydroxylation is 3. The van der Waals surface area contributed by atoms with Crippen LogP contribution >= 0.6 is 35.3 Å². The van der Waals surface area contributed by atoms with Crippen molar-refractivity contribution < 1.29 is 0 Å². The lowest BCUT2D eigenvalue weighted by Gasteiger charge is -2.11. The van der Waals surface area contributed by atoms with E-state index >= 15 is 0 Å². The molecule has 0 aromatic carbocycles. The maximum Gasteiger partial charge on any atom is 0.191 e. The highest BCUT2D eigenvalue weighted by atomic mass is 127. The number of rotatable bonds is 6. The molecule has 24 heavy (non-hydrogen) atoms. The summed E-state index contributed by atoms with van der Waals surface area (Å²) in [7, 11) is 0. The highest BCUT2D eigenvalue weighted by Gasteiger charge is 2.04. The largest absolute Gasteiger partial charge is 0.357 e. The minimum atomic E-state index is 0. The smallest absolute Gasteiger partial charge is 0.191 e. The van der Waals surface area contributed by atoms with Crippen LogP contribution in [0.3, 0.4) is 0 Å². The second kappa shape index (κ2) is 10.6. The molecule has 0 bridgehead atoms. The van der Waals surface area contributed by atoms with Gasteiger partial charge in [-0.3, -0.25) is 4.98 Å². The van der Waals surface area contributed by atoms with Crippen molar-refractivity contribution in [3.8, 4) is 0 Å². The predicted octanol–water partition coefficient (Wildman–Crippen LogP) is 3.38. The van der Waals surface area contributed by atoms with E-state index in [0.717, 1.165) is 36.2 Å². The average Bonchev–Trinajstić information content (AvgIpc) is 2.85. The standard InChI is InChI=1S/C17H25N5S.HI/c1-5-19-17(21-11-16-22-13(3)14(4)23-16)20-9-7-15-6-8-18-10-12(15)2;/h6,8,10H,5,7,9,11H2,1-4H3,(H2,19,20,21);1H. The number of nitrogens with one attached hydrogen (secondary N) is 2. The molecule has 0 aliphatic heterocycles. The summed E-state index contributed by atoms with van der Waals surface area (Å²) in [4.78, 5) is 14.5. The van der Waals surface area contributed by atoms with Gasteiger partial charge in [0.25, 0.3) is 0 Å². The van der Waals surface area contributed by atoms with E-state index in [0.29, 0.717) is 6.54 Å². The fourth-order valence-corrected chi connectivity index (χ4v) is 3.05. The monoisotopic (exact) mass is 459 g/mol. The molecule has 5 nitrogen and oxygen atoms in total. The van der Waals surface area contributed by atoms with Crippen LogP contribution in [0.5, 0.6) is 0 Å². The predicted molar refractivity (Wildman–Crippen MR) is 112 cm³/mol. The third-order valence-corrected chi connectivity index (χ3v) is 4.67. The van der Waals surface area contributed by atoms with Gasteiger partial charge < -0.3 is 10.6 Å². The maximum atomic E-state index is 4.62. The summed E-state index contributed by atoms with van der Waals surface area (Å²) in [5, 5.41) is 7.72. The highest BCUT2D eigenvalue weighted by molar-refractivity contribution is 14.0. The zero-order valence-electron chi connectivity index (χ0n) is 14.7. The number of pyridine rings is 1. The Morgan fingerprint density at radius 2 is 2.04 bits per heavy atom. The second-order valence-electron chi connectivity index (χ2n) is 5.42. The fraction of sp³-hybridized carbons (Fsp3) is 0.471. The first-order valence-corrected chi connectivity index (χ1v) is 8.76. The average molecular weight is 459 g/mol. The summed E-state index contributed by atoms with van der Waals surface area (Å²) in [6, 6.07) is 2.07. The van der Waals surface area contributed by atoms with Crippen LogP contribution in [0.2, 0.25) is 0 Å². The Balaban J connectivity index is 0.00000288. The van der Waals surface area contributed by atoms with E-state index in [1.807, 2.05) is 19.3 Å². The van der Waals surface area contributed by atoms with E-state index in [4.69, 9.17) is 0 Å². The van der Waals surface area contributed by atoms with Crippen LogP contribution in [0.1, 0.15) is 33.6 Å². The topological polar surface area (TPSA) is 62.2 Å². The highest BCUT2D eigenvalue weighted by Crippen LogP contribution is 2.16. The van der Waals surface area contributed by atoms with Gasteiger partial charge in [-0.25, -0.2) is 9.98 Å². The number of thiazole rings is 1. The summed E-state index contributed by atoms with van der Waals surface area (Å²) in [5.41, 5.74) is 3.64. The molecular weight excluding hydrogens is 433 g/mol. The number of hydrogen-bond donors (Lipinski definition) is 2. The van der Waals surface area contributed by atoms with Gasteiger partial charge in [-0.05, 0) is 51.3 Å². The van der Waals surface area contributed by atoms with E-state index in [1.54, 1.807) is 11.3 Å². The Labute approximate surface area is 165 Å².